The third-order valence-electron chi connectivity index (χ3n) is 7.56. The number of hydrogen-bond donors (Lipinski definition) is 0. The molecule has 1 nitrogen and oxygen atoms in total. The zero-order valence-electron chi connectivity index (χ0n) is 20.9. The molecule has 0 spiro atoms. The summed E-state index contributed by atoms with van der Waals surface area (Å²) in [6.45, 7) is 9.47. The highest BCUT2D eigenvalue weighted by atomic mass is 16.6. The maximum Gasteiger partial charge on any atom is 0.378 e. The van der Waals surface area contributed by atoms with Crippen LogP contribution in [0.4, 0.5) is 0 Å². The van der Waals surface area contributed by atoms with Crippen LogP contribution in [0.15, 0.2) is 97.1 Å². The number of aryl methyl sites for hydroxylation is 4. The van der Waals surface area contributed by atoms with Crippen molar-refractivity contribution in [1.82, 2.24) is 0 Å². The van der Waals surface area contributed by atoms with Gasteiger partial charge in [-0.1, -0.05) is 130 Å². The van der Waals surface area contributed by atoms with Crippen molar-refractivity contribution >= 4 is 28.3 Å². The zero-order valence-corrected chi connectivity index (χ0v) is 20.9. The van der Waals surface area contributed by atoms with Gasteiger partial charge in [-0.2, -0.15) is 0 Å². The minimum Gasteiger partial charge on any atom is -0.659 e. The molecule has 0 radical (unpaired) electrons. The first-order chi connectivity index (χ1) is 16.4. The molecule has 0 amide bonds. The van der Waals surface area contributed by atoms with Crippen molar-refractivity contribution in [3.63, 3.8) is 0 Å². The quantitative estimate of drug-likeness (QED) is 0.256. The third kappa shape index (κ3) is 3.73. The van der Waals surface area contributed by atoms with E-state index in [9.17, 15) is 0 Å². The maximum absolute atomic E-state index is 3.65. The van der Waals surface area contributed by atoms with Crippen LogP contribution in [0.5, 0.6) is 0 Å². The summed E-state index contributed by atoms with van der Waals surface area (Å²) >= 11 is 0. The molecule has 0 aromatic heterocycles. The molecule has 0 fully saturated rings. The van der Waals surface area contributed by atoms with Crippen molar-refractivity contribution in [2.45, 2.75) is 27.7 Å². The second kappa shape index (κ2) is 8.78. The van der Waals surface area contributed by atoms with Crippen LogP contribution in [0, 0.1) is 27.7 Å². The number of hydrogen-bond acceptors (Lipinski definition) is 0. The van der Waals surface area contributed by atoms with Gasteiger partial charge in [-0.05, 0) is 33.3 Å². The molecule has 4 aromatic carbocycles. The van der Waals surface area contributed by atoms with Crippen LogP contribution in [0.25, 0.3) is 11.0 Å². The first-order valence-corrected chi connectivity index (χ1v) is 12.2. The Morgan fingerprint density at radius 2 is 0.853 bits per heavy atom. The van der Waals surface area contributed by atoms with Crippen LogP contribution in [0.1, 0.15) is 33.4 Å². The molecular formula is C32H33BO. The lowest BCUT2D eigenvalue weighted by atomic mass is 9.27. The fourth-order valence-corrected chi connectivity index (χ4v) is 5.68. The molecule has 0 atom stereocenters. The van der Waals surface area contributed by atoms with Crippen LogP contribution in [-0.4, -0.2) is 20.1 Å². The molecule has 0 N–H and O–H groups in total. The van der Waals surface area contributed by atoms with E-state index in [0.717, 1.165) is 6.61 Å². The van der Waals surface area contributed by atoms with Crippen molar-refractivity contribution in [2.24, 2.45) is 0 Å². The zero-order chi connectivity index (χ0) is 23.9. The van der Waals surface area contributed by atoms with E-state index in [2.05, 4.69) is 136 Å². The normalized spacial score (nSPS) is 15.7. The van der Waals surface area contributed by atoms with Crippen molar-refractivity contribution in [3.05, 3.63) is 130 Å². The summed E-state index contributed by atoms with van der Waals surface area (Å²) < 4.78 is 3.65. The highest BCUT2D eigenvalue weighted by Gasteiger charge is 2.51. The monoisotopic (exact) mass is 444 g/mol. The molecule has 170 valence electrons. The minimum absolute atomic E-state index is 0.827. The molecule has 1 heterocycles. The topological polar surface area (TPSA) is 2.70 Å². The van der Waals surface area contributed by atoms with Gasteiger partial charge in [-0.15, -0.1) is 10.9 Å². The molecule has 34 heavy (non-hydrogen) atoms. The van der Waals surface area contributed by atoms with E-state index in [-0.39, 0.29) is 0 Å². The summed E-state index contributed by atoms with van der Waals surface area (Å²) in [7, 11) is 2.22. The fraction of sp³-hybridized carbons (Fsp3) is 0.188. The van der Waals surface area contributed by atoms with E-state index in [0.29, 0.717) is 0 Å². The molecule has 4 aromatic rings. The van der Waals surface area contributed by atoms with E-state index in [4.69, 9.17) is 0 Å². The highest BCUT2D eigenvalue weighted by molar-refractivity contribution is 7.13. The highest BCUT2D eigenvalue weighted by Crippen LogP contribution is 2.43. The third-order valence-corrected chi connectivity index (χ3v) is 7.56. The smallest absolute Gasteiger partial charge is 0.378 e. The minimum atomic E-state index is -1.40. The molecule has 0 saturated carbocycles. The predicted molar refractivity (Wildman–Crippen MR) is 148 cm³/mol. The standard InChI is InChI=1S/C32H33BO/c1-23-6-14-27(15-7-23)31-22-34(5)33(29-18-10-25(3)11-19-29,30-20-12-26(4)13-21-30)32(31)28-16-8-24(2)9-17-28/h6-21H,22H2,1-5H3. The van der Waals surface area contributed by atoms with Gasteiger partial charge in [0.15, 0.2) is 0 Å². The van der Waals surface area contributed by atoms with Crippen molar-refractivity contribution in [1.29, 1.82) is 0 Å². The van der Waals surface area contributed by atoms with E-state index in [1.54, 1.807) is 0 Å². The van der Waals surface area contributed by atoms with Crippen LogP contribution in [0.3, 0.4) is 0 Å². The average Bonchev–Trinajstić information content (AvgIpc) is 3.14. The Hall–Kier alpha value is -3.36. The summed E-state index contributed by atoms with van der Waals surface area (Å²) in [5.74, 6) is 0. The first kappa shape index (κ1) is 22.4. The van der Waals surface area contributed by atoms with Crippen LogP contribution >= 0.6 is 0 Å². The van der Waals surface area contributed by atoms with E-state index in [1.165, 1.54) is 55.4 Å². The Balaban J connectivity index is 1.89. The van der Waals surface area contributed by atoms with E-state index >= 15 is 0 Å². The van der Waals surface area contributed by atoms with Gasteiger partial charge in [0, 0.05) is 5.57 Å². The van der Waals surface area contributed by atoms with Gasteiger partial charge in [0.1, 0.15) is 6.61 Å². The van der Waals surface area contributed by atoms with Gasteiger partial charge in [-0.25, -0.2) is 0 Å². The molecule has 0 bridgehead atoms. The molecule has 0 unspecified atom stereocenters. The Kier molecular flexibility index (Phi) is 5.79. The van der Waals surface area contributed by atoms with Gasteiger partial charge in [0.05, 0.1) is 7.11 Å². The second-order valence-corrected chi connectivity index (χ2v) is 10.1. The molecule has 1 aliphatic heterocycles. The lowest BCUT2D eigenvalue weighted by Crippen LogP contribution is -2.64. The Morgan fingerprint density at radius 1 is 0.500 bits per heavy atom. The summed E-state index contributed by atoms with van der Waals surface area (Å²) in [5, 5.41) is 0. The Labute approximate surface area is 204 Å². The first-order valence-electron chi connectivity index (χ1n) is 12.2. The van der Waals surface area contributed by atoms with Gasteiger partial charge in [0.25, 0.3) is 0 Å². The van der Waals surface area contributed by atoms with E-state index < -0.39 is 6.35 Å². The van der Waals surface area contributed by atoms with Crippen molar-refractivity contribution in [3.8, 4) is 0 Å². The summed E-state index contributed by atoms with van der Waals surface area (Å²) in [6, 6.07) is 36.4. The predicted octanol–water partition coefficient (Wildman–Crippen LogP) is 6.33. The van der Waals surface area contributed by atoms with Crippen LogP contribution in [0.2, 0.25) is 0 Å². The molecular weight excluding hydrogens is 411 g/mol. The van der Waals surface area contributed by atoms with Crippen LogP contribution in [-0.2, 0) is 4.28 Å². The molecule has 5 rings (SSSR count). The largest absolute Gasteiger partial charge is 0.659 e. The van der Waals surface area contributed by atoms with E-state index in [1.807, 2.05) is 0 Å². The van der Waals surface area contributed by atoms with Gasteiger partial charge in [-0.3, -0.25) is 0 Å². The maximum atomic E-state index is 3.65. The summed E-state index contributed by atoms with van der Waals surface area (Å²) in [5.41, 5.74) is 13.2. The average molecular weight is 444 g/mol. The van der Waals surface area contributed by atoms with Gasteiger partial charge >= 0.3 is 6.35 Å². The van der Waals surface area contributed by atoms with Crippen molar-refractivity contribution < 1.29 is 4.28 Å². The molecule has 0 saturated heterocycles. The Bertz CT molecular complexity index is 1280. The molecule has 0 aliphatic carbocycles. The van der Waals surface area contributed by atoms with Gasteiger partial charge < -0.3 is 4.28 Å². The summed E-state index contributed by atoms with van der Waals surface area (Å²) in [6.07, 6.45) is -1.40. The van der Waals surface area contributed by atoms with Crippen LogP contribution < -0.4 is 10.9 Å². The number of rotatable bonds is 4. The molecule has 2 heteroatoms. The Morgan fingerprint density at radius 3 is 1.26 bits per heavy atom. The number of benzene rings is 4. The summed E-state index contributed by atoms with van der Waals surface area (Å²) in [4.78, 5) is 0. The SMILES string of the molecule is Cc1ccc(C2=C(c3ccc(C)cc3)[B-](c3ccc(C)cc3)(c3ccc(C)cc3)[O+](C)C2)cc1. The molecule has 1 aliphatic rings. The van der Waals surface area contributed by atoms with Gasteiger partial charge in [0.2, 0.25) is 0 Å². The fourth-order valence-electron chi connectivity index (χ4n) is 5.68. The van der Waals surface area contributed by atoms with Crippen molar-refractivity contribution in [2.75, 3.05) is 13.7 Å². The lowest BCUT2D eigenvalue weighted by molar-refractivity contribution is 0.0930. The lowest BCUT2D eigenvalue weighted by Gasteiger charge is -2.43. The second-order valence-electron chi connectivity index (χ2n) is 10.1.